The lowest BCUT2D eigenvalue weighted by atomic mass is 9.98. The van der Waals surface area contributed by atoms with Crippen LogP contribution in [0.5, 0.6) is 0 Å². The van der Waals surface area contributed by atoms with Gasteiger partial charge in [-0.05, 0) is 5.57 Å². The molecule has 0 spiro atoms. The Morgan fingerprint density at radius 1 is 1.29 bits per heavy atom. The van der Waals surface area contributed by atoms with Gasteiger partial charge in [0.2, 0.25) is 23.6 Å². The summed E-state index contributed by atoms with van der Waals surface area (Å²) in [6, 6.07) is -2.23. The van der Waals surface area contributed by atoms with Crippen molar-refractivity contribution in [3.63, 3.8) is 0 Å². The number of hydrogen-bond acceptors (Lipinski definition) is 9. The molecule has 164 valence electrons. The number of aromatic nitrogens is 1. The van der Waals surface area contributed by atoms with Gasteiger partial charge in [0, 0.05) is 30.2 Å². The molecule has 1 N–H and O–H groups in total. The number of carbonyl (C=O) groups is 5. The lowest BCUT2D eigenvalue weighted by Gasteiger charge is -2.52. The van der Waals surface area contributed by atoms with Crippen LogP contribution in [-0.2, 0) is 45.9 Å². The van der Waals surface area contributed by atoms with E-state index in [-0.39, 0.29) is 30.6 Å². The number of hydrogen-bond donors (Lipinski definition) is 1. The third-order valence-electron chi connectivity index (χ3n) is 5.17. The first-order valence-corrected chi connectivity index (χ1v) is 11.6. The molecule has 3 unspecified atom stereocenters. The van der Waals surface area contributed by atoms with E-state index in [0.29, 0.717) is 5.01 Å². The second kappa shape index (κ2) is 8.30. The molecule has 0 aliphatic carbocycles. The molecule has 0 bridgehead atoms. The van der Waals surface area contributed by atoms with Gasteiger partial charge in [-0.3, -0.25) is 23.4 Å². The molecule has 4 atom stereocenters. The van der Waals surface area contributed by atoms with Crippen LogP contribution < -0.4 is 5.32 Å². The number of imide groups is 1. The second-order valence-corrected chi connectivity index (χ2v) is 9.69. The number of thiazole rings is 1. The smallest absolute Gasteiger partial charge is 0.335 e. The molecule has 0 radical (unpaired) electrons. The summed E-state index contributed by atoms with van der Waals surface area (Å²) < 4.78 is 17.7. The lowest BCUT2D eigenvalue weighted by Crippen LogP contribution is -2.77. The first-order valence-electron chi connectivity index (χ1n) is 9.32. The Kier molecular flexibility index (Phi) is 5.71. The molecule has 13 heteroatoms. The fourth-order valence-electron chi connectivity index (χ4n) is 3.67. The number of rotatable bonds is 6. The van der Waals surface area contributed by atoms with Crippen molar-refractivity contribution < 1.29 is 32.9 Å². The van der Waals surface area contributed by atoms with Gasteiger partial charge in [0.15, 0.2) is 12.8 Å². The molecule has 3 aliphatic rings. The number of β-lactam (4-membered cyclic amide) rings is 1. The molecule has 31 heavy (non-hydrogen) atoms. The number of esters is 1. The van der Waals surface area contributed by atoms with Crippen LogP contribution in [-0.4, -0.2) is 78.5 Å². The van der Waals surface area contributed by atoms with E-state index >= 15 is 0 Å². The van der Waals surface area contributed by atoms with Crippen LogP contribution in [0.1, 0.15) is 17.8 Å². The summed E-state index contributed by atoms with van der Waals surface area (Å²) >= 11 is 1.30. The quantitative estimate of drug-likeness (QED) is 0.235. The SMILES string of the molecule is C=C1CS(=O)[C@@H]2C(NC(=O)Cc3nccs3)C(=O)N2C1C(=O)OCN1C(=O)CCC1=O. The zero-order valence-electron chi connectivity index (χ0n) is 16.1. The number of likely N-dealkylation sites (tertiary alicyclic amines) is 1. The Balaban J connectivity index is 1.41. The van der Waals surface area contributed by atoms with Crippen LogP contribution >= 0.6 is 11.3 Å². The summed E-state index contributed by atoms with van der Waals surface area (Å²) in [5.41, 5.74) is 0.222. The third kappa shape index (κ3) is 3.90. The second-order valence-electron chi connectivity index (χ2n) is 7.18. The van der Waals surface area contributed by atoms with Crippen molar-refractivity contribution in [2.24, 2.45) is 0 Å². The van der Waals surface area contributed by atoms with Gasteiger partial charge >= 0.3 is 5.97 Å². The van der Waals surface area contributed by atoms with Crippen LogP contribution in [0.25, 0.3) is 0 Å². The fraction of sp³-hybridized carbons (Fsp3) is 0.444. The Morgan fingerprint density at radius 2 is 2.00 bits per heavy atom. The monoisotopic (exact) mass is 466 g/mol. The zero-order chi connectivity index (χ0) is 22.3. The van der Waals surface area contributed by atoms with E-state index in [2.05, 4.69) is 16.9 Å². The highest BCUT2D eigenvalue weighted by molar-refractivity contribution is 7.86. The number of carbonyl (C=O) groups excluding carboxylic acids is 5. The van der Waals surface area contributed by atoms with E-state index in [1.807, 2.05) is 0 Å². The molecule has 4 amide bonds. The summed E-state index contributed by atoms with van der Waals surface area (Å²) in [5, 5.41) is 3.96. The minimum Gasteiger partial charge on any atom is -0.442 e. The largest absolute Gasteiger partial charge is 0.442 e. The predicted octanol–water partition coefficient (Wildman–Crippen LogP) is -1.32. The molecule has 0 saturated carbocycles. The van der Waals surface area contributed by atoms with Crippen molar-refractivity contribution in [1.29, 1.82) is 0 Å². The molecular formula is C18H18N4O7S2. The Hall–Kier alpha value is -2.93. The summed E-state index contributed by atoms with van der Waals surface area (Å²) in [4.78, 5) is 66.8. The van der Waals surface area contributed by atoms with Crippen LogP contribution in [0.15, 0.2) is 23.7 Å². The van der Waals surface area contributed by atoms with Crippen LogP contribution in [0.3, 0.4) is 0 Å². The van der Waals surface area contributed by atoms with Crippen molar-refractivity contribution in [2.75, 3.05) is 12.5 Å². The highest BCUT2D eigenvalue weighted by Gasteiger charge is 2.59. The molecule has 3 fully saturated rings. The lowest BCUT2D eigenvalue weighted by molar-refractivity contribution is -0.168. The molecule has 4 rings (SSSR count). The Morgan fingerprint density at radius 3 is 2.65 bits per heavy atom. The Labute approximate surface area is 182 Å². The van der Waals surface area contributed by atoms with E-state index in [4.69, 9.17) is 4.74 Å². The van der Waals surface area contributed by atoms with Crippen molar-refractivity contribution in [3.8, 4) is 0 Å². The van der Waals surface area contributed by atoms with E-state index in [1.54, 1.807) is 11.6 Å². The number of nitrogens with zero attached hydrogens (tertiary/aromatic N) is 3. The van der Waals surface area contributed by atoms with Gasteiger partial charge in [0.25, 0.3) is 0 Å². The average molecular weight is 466 g/mol. The van der Waals surface area contributed by atoms with Crippen molar-refractivity contribution in [1.82, 2.24) is 20.1 Å². The van der Waals surface area contributed by atoms with E-state index in [9.17, 15) is 28.2 Å². The molecule has 1 aromatic heterocycles. The molecule has 11 nitrogen and oxygen atoms in total. The van der Waals surface area contributed by atoms with E-state index in [0.717, 1.165) is 9.80 Å². The maximum Gasteiger partial charge on any atom is 0.335 e. The minimum absolute atomic E-state index is 0.0170. The maximum absolute atomic E-state index is 12.7. The summed E-state index contributed by atoms with van der Waals surface area (Å²) in [7, 11) is -1.57. The topological polar surface area (TPSA) is 143 Å². The molecule has 3 aliphatic heterocycles. The normalized spacial score (nSPS) is 27.7. The van der Waals surface area contributed by atoms with Gasteiger partial charge in [-0.15, -0.1) is 11.3 Å². The van der Waals surface area contributed by atoms with Crippen molar-refractivity contribution in [2.45, 2.75) is 36.7 Å². The Bertz CT molecular complexity index is 993. The number of nitrogens with one attached hydrogen (secondary N) is 1. The zero-order valence-corrected chi connectivity index (χ0v) is 17.8. The highest BCUT2D eigenvalue weighted by Crippen LogP contribution is 2.34. The van der Waals surface area contributed by atoms with E-state index < -0.39 is 64.6 Å². The number of ether oxygens (including phenoxy) is 1. The maximum atomic E-state index is 12.7. The summed E-state index contributed by atoms with van der Waals surface area (Å²) in [5.74, 6) is -2.83. The van der Waals surface area contributed by atoms with Crippen molar-refractivity contribution >= 4 is 51.7 Å². The fourth-order valence-corrected chi connectivity index (χ4v) is 5.95. The van der Waals surface area contributed by atoms with Gasteiger partial charge in [0.1, 0.15) is 16.4 Å². The standard InChI is InChI=1S/C18H18N4O7S2/c1-9-7-31(28)17-14(20-10(23)6-11-19-4-5-30-11)16(26)22(17)15(9)18(27)29-8-21-12(24)2-3-13(21)25/h4-5,14-15,17H,1-3,6-8H2,(H,20,23)/t14?,15?,17-,31?/m1/s1. The molecule has 3 saturated heterocycles. The summed E-state index contributed by atoms with van der Waals surface area (Å²) in [6.07, 6.45) is 1.66. The highest BCUT2D eigenvalue weighted by atomic mass is 32.2. The summed E-state index contributed by atoms with van der Waals surface area (Å²) in [6.45, 7) is 3.18. The predicted molar refractivity (Wildman–Crippen MR) is 106 cm³/mol. The first-order chi connectivity index (χ1) is 14.8. The van der Waals surface area contributed by atoms with Crippen LogP contribution in [0, 0.1) is 0 Å². The molecule has 1 aromatic rings. The average Bonchev–Trinajstić information content (AvgIpc) is 3.34. The molecule has 4 heterocycles. The molecule has 0 aromatic carbocycles. The number of amides is 4. The van der Waals surface area contributed by atoms with E-state index in [1.165, 1.54) is 11.3 Å². The van der Waals surface area contributed by atoms with Crippen LogP contribution in [0.4, 0.5) is 0 Å². The molecular weight excluding hydrogens is 448 g/mol. The van der Waals surface area contributed by atoms with Crippen molar-refractivity contribution in [3.05, 3.63) is 28.7 Å². The third-order valence-corrected chi connectivity index (χ3v) is 7.64. The van der Waals surface area contributed by atoms with Gasteiger partial charge in [0.05, 0.1) is 17.2 Å². The van der Waals surface area contributed by atoms with Gasteiger partial charge in [-0.25, -0.2) is 14.7 Å². The van der Waals surface area contributed by atoms with Gasteiger partial charge in [-0.2, -0.15) is 0 Å². The number of fused-ring (bicyclic) bond motifs is 1. The van der Waals surface area contributed by atoms with Gasteiger partial charge in [-0.1, -0.05) is 6.58 Å². The first kappa shape index (κ1) is 21.3. The van der Waals surface area contributed by atoms with Gasteiger partial charge < -0.3 is 15.0 Å². The van der Waals surface area contributed by atoms with Crippen LogP contribution in [0.2, 0.25) is 0 Å². The minimum atomic E-state index is -1.57.